The molecule has 0 saturated heterocycles. The van der Waals surface area contributed by atoms with E-state index in [0.717, 1.165) is 25.7 Å². The molecule has 0 aliphatic heterocycles. The Morgan fingerprint density at radius 2 is 1.59 bits per heavy atom. The second-order valence-corrected chi connectivity index (χ2v) is 9.68. The Bertz CT molecular complexity index is 1060. The molecule has 2 aliphatic rings. The van der Waals surface area contributed by atoms with Gasteiger partial charge in [-0.1, -0.05) is 57.0 Å². The minimum absolute atomic E-state index is 0.0730. The number of ether oxygens (including phenoxy) is 1. The molecule has 1 atom stereocenters. The number of hydrogen-bond acceptors (Lipinski definition) is 1. The van der Waals surface area contributed by atoms with E-state index in [-0.39, 0.29) is 23.7 Å². The molecule has 182 valence electrons. The number of rotatable bonds is 7. The molecule has 2 aromatic carbocycles. The van der Waals surface area contributed by atoms with Crippen LogP contribution in [-0.4, -0.2) is 6.61 Å². The molecule has 0 aromatic heterocycles. The monoisotopic (exact) mass is 472 g/mol. The highest BCUT2D eigenvalue weighted by atomic mass is 19.2. The van der Waals surface area contributed by atoms with E-state index in [1.807, 2.05) is 0 Å². The van der Waals surface area contributed by atoms with Crippen LogP contribution >= 0.6 is 0 Å². The standard InChI is InChI=1S/C29H32F4O/c1-3-4-19-6-9-20(10-7-19)24-15-16-25(29(33)28(24)32)21-11-13-23(14-12-21)34-17-22-8-5-18(2)26(30)27(22)31/h8,11-16,18-20H,3-7,9-10,17H2,1-2H3. The normalized spacial score (nSPS) is 23.1. The van der Waals surface area contributed by atoms with E-state index >= 15 is 8.78 Å². The van der Waals surface area contributed by atoms with Crippen LogP contribution in [0.15, 0.2) is 59.7 Å². The Labute approximate surface area is 199 Å². The Balaban J connectivity index is 1.42. The summed E-state index contributed by atoms with van der Waals surface area (Å²) in [6.45, 7) is 3.73. The lowest BCUT2D eigenvalue weighted by Gasteiger charge is -2.29. The molecule has 0 N–H and O–H groups in total. The van der Waals surface area contributed by atoms with Gasteiger partial charge in [0.25, 0.3) is 0 Å². The number of halogens is 4. The highest BCUT2D eigenvalue weighted by molar-refractivity contribution is 5.65. The van der Waals surface area contributed by atoms with Gasteiger partial charge in [0.1, 0.15) is 18.2 Å². The quantitative estimate of drug-likeness (QED) is 0.365. The molecule has 1 fully saturated rings. The van der Waals surface area contributed by atoms with Gasteiger partial charge in [-0.05, 0) is 67.2 Å². The predicted molar refractivity (Wildman–Crippen MR) is 128 cm³/mol. The third-order valence-corrected chi connectivity index (χ3v) is 7.30. The number of benzene rings is 2. The SMILES string of the molecule is CCCC1CCC(c2ccc(-c3ccc(OCC4=CCC(C)C(F)=C4F)cc3)c(F)c2F)CC1. The van der Waals surface area contributed by atoms with Crippen LogP contribution in [0.1, 0.15) is 70.3 Å². The average molecular weight is 473 g/mol. The molecule has 34 heavy (non-hydrogen) atoms. The summed E-state index contributed by atoms with van der Waals surface area (Å²) in [6.07, 6.45) is 8.41. The van der Waals surface area contributed by atoms with Gasteiger partial charge in [0.15, 0.2) is 17.5 Å². The van der Waals surface area contributed by atoms with Crippen molar-refractivity contribution in [3.63, 3.8) is 0 Å². The molecule has 2 aliphatic carbocycles. The first kappa shape index (κ1) is 24.6. The lowest BCUT2D eigenvalue weighted by molar-refractivity contribution is 0.303. The van der Waals surface area contributed by atoms with Crippen LogP contribution in [0.4, 0.5) is 17.6 Å². The minimum Gasteiger partial charge on any atom is -0.489 e. The lowest BCUT2D eigenvalue weighted by atomic mass is 9.77. The highest BCUT2D eigenvalue weighted by Gasteiger charge is 2.26. The number of hydrogen-bond donors (Lipinski definition) is 0. The molecular formula is C29H32F4O. The third-order valence-electron chi connectivity index (χ3n) is 7.30. The molecule has 1 saturated carbocycles. The maximum Gasteiger partial charge on any atom is 0.166 e. The first-order chi connectivity index (χ1) is 16.4. The van der Waals surface area contributed by atoms with Crippen molar-refractivity contribution in [3.05, 3.63) is 76.9 Å². The Hall–Kier alpha value is -2.56. The fourth-order valence-corrected chi connectivity index (χ4v) is 5.17. The fourth-order valence-electron chi connectivity index (χ4n) is 5.17. The topological polar surface area (TPSA) is 9.23 Å². The molecule has 5 heteroatoms. The average Bonchev–Trinajstić information content (AvgIpc) is 2.85. The third kappa shape index (κ3) is 5.24. The van der Waals surface area contributed by atoms with Crippen LogP contribution < -0.4 is 4.74 Å². The van der Waals surface area contributed by atoms with Crippen molar-refractivity contribution in [1.29, 1.82) is 0 Å². The van der Waals surface area contributed by atoms with Crippen LogP contribution in [0.5, 0.6) is 5.75 Å². The van der Waals surface area contributed by atoms with E-state index in [0.29, 0.717) is 29.2 Å². The Kier molecular flexibility index (Phi) is 7.80. The van der Waals surface area contributed by atoms with Crippen molar-refractivity contribution in [2.75, 3.05) is 6.61 Å². The van der Waals surface area contributed by atoms with E-state index in [1.165, 1.54) is 12.8 Å². The fraction of sp³-hybridized carbons (Fsp3) is 0.448. The first-order valence-electron chi connectivity index (χ1n) is 12.3. The van der Waals surface area contributed by atoms with Gasteiger partial charge in [-0.25, -0.2) is 17.6 Å². The van der Waals surface area contributed by atoms with Gasteiger partial charge >= 0.3 is 0 Å². The van der Waals surface area contributed by atoms with Gasteiger partial charge in [0.05, 0.1) is 0 Å². The summed E-state index contributed by atoms with van der Waals surface area (Å²) in [6, 6.07) is 9.92. The zero-order valence-electron chi connectivity index (χ0n) is 19.9. The largest absolute Gasteiger partial charge is 0.489 e. The van der Waals surface area contributed by atoms with Crippen molar-refractivity contribution in [2.45, 2.75) is 64.7 Å². The van der Waals surface area contributed by atoms with Gasteiger partial charge in [-0.2, -0.15) is 0 Å². The molecular weight excluding hydrogens is 440 g/mol. The molecule has 2 aromatic rings. The smallest absolute Gasteiger partial charge is 0.166 e. The van der Waals surface area contributed by atoms with E-state index in [2.05, 4.69) is 6.92 Å². The molecule has 0 amide bonds. The van der Waals surface area contributed by atoms with E-state index in [4.69, 9.17) is 4.74 Å². The Morgan fingerprint density at radius 3 is 2.26 bits per heavy atom. The van der Waals surface area contributed by atoms with E-state index in [1.54, 1.807) is 49.4 Å². The highest BCUT2D eigenvalue weighted by Crippen LogP contribution is 2.40. The van der Waals surface area contributed by atoms with Crippen LogP contribution in [0.3, 0.4) is 0 Å². The molecule has 0 radical (unpaired) electrons. The summed E-state index contributed by atoms with van der Waals surface area (Å²) in [4.78, 5) is 0. The summed E-state index contributed by atoms with van der Waals surface area (Å²) >= 11 is 0. The maximum atomic E-state index is 15.0. The van der Waals surface area contributed by atoms with Gasteiger partial charge in [0.2, 0.25) is 0 Å². The maximum absolute atomic E-state index is 15.0. The Morgan fingerprint density at radius 1 is 0.882 bits per heavy atom. The van der Waals surface area contributed by atoms with Crippen molar-refractivity contribution in [2.24, 2.45) is 11.8 Å². The molecule has 4 rings (SSSR count). The number of allylic oxidation sites excluding steroid dienone is 2. The minimum atomic E-state index is -0.855. The van der Waals surface area contributed by atoms with Crippen LogP contribution in [0.25, 0.3) is 11.1 Å². The zero-order valence-corrected chi connectivity index (χ0v) is 19.9. The zero-order chi connectivity index (χ0) is 24.2. The van der Waals surface area contributed by atoms with Crippen molar-refractivity contribution in [3.8, 4) is 16.9 Å². The second-order valence-electron chi connectivity index (χ2n) is 9.68. The lowest BCUT2D eigenvalue weighted by Crippen LogP contribution is -2.15. The van der Waals surface area contributed by atoms with Crippen LogP contribution in [-0.2, 0) is 0 Å². The summed E-state index contributed by atoms with van der Waals surface area (Å²) in [5, 5.41) is 0. The van der Waals surface area contributed by atoms with Gasteiger partial charge in [0, 0.05) is 17.1 Å². The van der Waals surface area contributed by atoms with E-state index < -0.39 is 29.2 Å². The summed E-state index contributed by atoms with van der Waals surface area (Å²) in [7, 11) is 0. The molecule has 0 heterocycles. The van der Waals surface area contributed by atoms with Gasteiger partial charge in [-0.15, -0.1) is 0 Å². The van der Waals surface area contributed by atoms with E-state index in [9.17, 15) is 8.78 Å². The summed E-state index contributed by atoms with van der Waals surface area (Å²) in [5.74, 6) is -2.41. The molecule has 1 unspecified atom stereocenters. The molecule has 1 nitrogen and oxygen atoms in total. The first-order valence-corrected chi connectivity index (χ1v) is 12.3. The second kappa shape index (κ2) is 10.8. The van der Waals surface area contributed by atoms with Gasteiger partial charge < -0.3 is 4.74 Å². The van der Waals surface area contributed by atoms with Crippen LogP contribution in [0.2, 0.25) is 0 Å². The van der Waals surface area contributed by atoms with Crippen LogP contribution in [0, 0.1) is 23.5 Å². The predicted octanol–water partition coefficient (Wildman–Crippen LogP) is 9.20. The van der Waals surface area contributed by atoms with Crippen molar-refractivity contribution in [1.82, 2.24) is 0 Å². The van der Waals surface area contributed by atoms with Crippen molar-refractivity contribution >= 4 is 0 Å². The summed E-state index contributed by atoms with van der Waals surface area (Å²) in [5.41, 5.74) is 1.40. The summed E-state index contributed by atoms with van der Waals surface area (Å²) < 4.78 is 63.5. The van der Waals surface area contributed by atoms with Gasteiger partial charge in [-0.3, -0.25) is 0 Å². The van der Waals surface area contributed by atoms with Crippen molar-refractivity contribution < 1.29 is 22.3 Å². The molecule has 0 bridgehead atoms. The molecule has 0 spiro atoms.